The molecule has 1 amide bonds. The Morgan fingerprint density at radius 1 is 1.19 bits per heavy atom. The van der Waals surface area contributed by atoms with Crippen molar-refractivity contribution in [1.29, 1.82) is 0 Å². The Kier molecular flexibility index (Phi) is 6.05. The molecular formula is C18H16F2N4O2S. The Morgan fingerprint density at radius 3 is 2.67 bits per heavy atom. The normalized spacial score (nSPS) is 10.6. The lowest BCUT2D eigenvalue weighted by atomic mass is 10.1. The fourth-order valence-corrected chi connectivity index (χ4v) is 2.89. The zero-order valence-corrected chi connectivity index (χ0v) is 14.9. The minimum atomic E-state index is -0.752. The molecule has 1 aromatic carbocycles. The number of halogens is 2. The molecular weight excluding hydrogens is 374 g/mol. The van der Waals surface area contributed by atoms with Crippen LogP contribution in [0.5, 0.6) is 5.06 Å². The van der Waals surface area contributed by atoms with Crippen molar-refractivity contribution in [3.05, 3.63) is 59.9 Å². The van der Waals surface area contributed by atoms with Crippen LogP contribution in [0.3, 0.4) is 0 Å². The van der Waals surface area contributed by atoms with Crippen LogP contribution in [-0.4, -0.2) is 28.4 Å². The maximum atomic E-state index is 14.0. The van der Waals surface area contributed by atoms with Crippen LogP contribution in [0, 0.1) is 11.6 Å². The number of nitrogens with two attached hydrogens (primary N) is 1. The highest BCUT2D eigenvalue weighted by molar-refractivity contribution is 7.08. The molecule has 0 spiro atoms. The molecule has 3 rings (SSSR count). The van der Waals surface area contributed by atoms with Gasteiger partial charge in [-0.05, 0) is 37.2 Å². The summed E-state index contributed by atoms with van der Waals surface area (Å²) in [5.41, 5.74) is 5.57. The van der Waals surface area contributed by atoms with Gasteiger partial charge in [0.1, 0.15) is 23.0 Å². The molecule has 2 heterocycles. The molecule has 0 aliphatic carbocycles. The van der Waals surface area contributed by atoms with E-state index >= 15 is 0 Å². The summed E-state index contributed by atoms with van der Waals surface area (Å²) in [6, 6.07) is 7.93. The largest absolute Gasteiger partial charge is 0.481 e. The Morgan fingerprint density at radius 2 is 1.93 bits per heavy atom. The fourth-order valence-electron chi connectivity index (χ4n) is 2.29. The number of hydrogen-bond donors (Lipinski definition) is 2. The first kappa shape index (κ1) is 18.9. The van der Waals surface area contributed by atoms with E-state index in [2.05, 4.69) is 14.7 Å². The summed E-state index contributed by atoms with van der Waals surface area (Å²) in [4.78, 5) is 16.6. The van der Waals surface area contributed by atoms with Gasteiger partial charge in [-0.15, -0.1) is 0 Å². The molecule has 0 aliphatic rings. The van der Waals surface area contributed by atoms with Gasteiger partial charge in [-0.1, -0.05) is 12.1 Å². The Balaban J connectivity index is 1.80. The first-order valence-corrected chi connectivity index (χ1v) is 8.88. The lowest BCUT2D eigenvalue weighted by Gasteiger charge is -2.08. The van der Waals surface area contributed by atoms with E-state index in [9.17, 15) is 13.6 Å². The smallest absolute Gasteiger partial charge is 0.274 e. The number of amides is 1. The summed E-state index contributed by atoms with van der Waals surface area (Å²) < 4.78 is 37.4. The van der Waals surface area contributed by atoms with Gasteiger partial charge in [0.2, 0.25) is 5.06 Å². The molecule has 0 fully saturated rings. The SMILES string of the molecule is NCCCOc1sncc1NC(=O)c1cccc(-c2c(F)cccc2F)n1. The van der Waals surface area contributed by atoms with Gasteiger partial charge in [-0.2, -0.15) is 4.37 Å². The number of anilines is 1. The number of aromatic nitrogens is 2. The van der Waals surface area contributed by atoms with Crippen LogP contribution in [0.1, 0.15) is 16.9 Å². The van der Waals surface area contributed by atoms with Gasteiger partial charge in [0.15, 0.2) is 0 Å². The summed E-state index contributed by atoms with van der Waals surface area (Å²) >= 11 is 1.09. The standard InChI is InChI=1S/C18H16F2N4O2S/c19-11-4-1-5-12(20)16(11)13-6-2-7-14(23-13)17(25)24-15-10-22-27-18(15)26-9-3-8-21/h1-2,4-7,10H,3,8-9,21H2,(H,24,25). The number of rotatable bonds is 7. The predicted octanol–water partition coefficient (Wildman–Crippen LogP) is 3.46. The van der Waals surface area contributed by atoms with Crippen molar-refractivity contribution in [1.82, 2.24) is 9.36 Å². The monoisotopic (exact) mass is 390 g/mol. The van der Waals surface area contributed by atoms with Crippen LogP contribution in [0.2, 0.25) is 0 Å². The summed E-state index contributed by atoms with van der Waals surface area (Å²) in [5.74, 6) is -2.05. The molecule has 6 nitrogen and oxygen atoms in total. The van der Waals surface area contributed by atoms with Gasteiger partial charge < -0.3 is 15.8 Å². The molecule has 0 atom stereocenters. The fraction of sp³-hybridized carbons (Fsp3) is 0.167. The summed E-state index contributed by atoms with van der Waals surface area (Å²) in [7, 11) is 0. The maximum Gasteiger partial charge on any atom is 0.274 e. The van der Waals surface area contributed by atoms with E-state index < -0.39 is 17.5 Å². The molecule has 27 heavy (non-hydrogen) atoms. The summed E-state index contributed by atoms with van der Waals surface area (Å²) in [6.45, 7) is 0.895. The van der Waals surface area contributed by atoms with Crippen LogP contribution in [-0.2, 0) is 0 Å². The first-order chi connectivity index (χ1) is 13.1. The van der Waals surface area contributed by atoms with Crippen molar-refractivity contribution in [3.63, 3.8) is 0 Å². The van der Waals surface area contributed by atoms with Crippen LogP contribution >= 0.6 is 11.5 Å². The molecule has 9 heteroatoms. The van der Waals surface area contributed by atoms with E-state index in [1.165, 1.54) is 30.5 Å². The van der Waals surface area contributed by atoms with Crippen LogP contribution in [0.25, 0.3) is 11.3 Å². The minimum Gasteiger partial charge on any atom is -0.481 e. The van der Waals surface area contributed by atoms with Crippen LogP contribution in [0.4, 0.5) is 14.5 Å². The third kappa shape index (κ3) is 4.44. The van der Waals surface area contributed by atoms with Crippen molar-refractivity contribution >= 4 is 23.1 Å². The molecule has 3 N–H and O–H groups in total. The number of nitrogens with one attached hydrogen (secondary N) is 1. The topological polar surface area (TPSA) is 90.1 Å². The molecule has 0 unspecified atom stereocenters. The van der Waals surface area contributed by atoms with Crippen molar-refractivity contribution in [2.45, 2.75) is 6.42 Å². The zero-order valence-electron chi connectivity index (χ0n) is 14.1. The van der Waals surface area contributed by atoms with Crippen molar-refractivity contribution < 1.29 is 18.3 Å². The van der Waals surface area contributed by atoms with Gasteiger partial charge in [-0.3, -0.25) is 4.79 Å². The van der Waals surface area contributed by atoms with E-state index in [1.807, 2.05) is 0 Å². The second-order valence-corrected chi connectivity index (χ2v) is 6.24. The molecule has 140 valence electrons. The van der Waals surface area contributed by atoms with Gasteiger partial charge >= 0.3 is 0 Å². The average molecular weight is 390 g/mol. The van der Waals surface area contributed by atoms with Gasteiger partial charge in [0, 0.05) is 11.5 Å². The summed E-state index contributed by atoms with van der Waals surface area (Å²) in [6.07, 6.45) is 2.13. The number of ether oxygens (including phenoxy) is 1. The number of hydrogen-bond acceptors (Lipinski definition) is 6. The van der Waals surface area contributed by atoms with Crippen molar-refractivity contribution in [3.8, 4) is 16.3 Å². The van der Waals surface area contributed by atoms with Gasteiger partial charge in [-0.25, -0.2) is 13.8 Å². The van der Waals surface area contributed by atoms with E-state index in [1.54, 1.807) is 0 Å². The van der Waals surface area contributed by atoms with E-state index in [0.29, 0.717) is 30.3 Å². The molecule has 2 aromatic heterocycles. The number of carbonyl (C=O) groups excluding carboxylic acids is 1. The first-order valence-electron chi connectivity index (χ1n) is 8.10. The van der Waals surface area contributed by atoms with Gasteiger partial charge in [0.25, 0.3) is 5.91 Å². The number of benzene rings is 1. The van der Waals surface area contributed by atoms with E-state index in [-0.39, 0.29) is 17.0 Å². The highest BCUT2D eigenvalue weighted by Gasteiger charge is 2.17. The molecule has 0 saturated carbocycles. The summed E-state index contributed by atoms with van der Waals surface area (Å²) in [5, 5.41) is 3.10. The number of carbonyl (C=O) groups is 1. The second kappa shape index (κ2) is 8.65. The Hall–Kier alpha value is -2.91. The van der Waals surface area contributed by atoms with Crippen LogP contribution < -0.4 is 15.8 Å². The zero-order chi connectivity index (χ0) is 19.2. The quantitative estimate of drug-likeness (QED) is 0.603. The molecule has 0 saturated heterocycles. The molecule has 0 bridgehead atoms. The average Bonchev–Trinajstić information content (AvgIpc) is 3.09. The third-order valence-corrected chi connectivity index (χ3v) is 4.28. The number of nitrogens with zero attached hydrogens (tertiary/aromatic N) is 2. The molecule has 0 radical (unpaired) electrons. The lowest BCUT2D eigenvalue weighted by Crippen LogP contribution is -2.14. The Labute approximate surface area is 158 Å². The molecule has 3 aromatic rings. The van der Waals surface area contributed by atoms with E-state index in [0.717, 1.165) is 23.7 Å². The highest BCUT2D eigenvalue weighted by Crippen LogP contribution is 2.29. The van der Waals surface area contributed by atoms with Gasteiger partial charge in [0.05, 0.1) is 24.1 Å². The van der Waals surface area contributed by atoms with E-state index in [4.69, 9.17) is 10.5 Å². The highest BCUT2D eigenvalue weighted by atomic mass is 32.1. The molecule has 0 aliphatic heterocycles. The van der Waals surface area contributed by atoms with Crippen LogP contribution in [0.15, 0.2) is 42.6 Å². The third-order valence-electron chi connectivity index (χ3n) is 3.57. The lowest BCUT2D eigenvalue weighted by molar-refractivity contribution is 0.102. The Bertz CT molecular complexity index is 928. The predicted molar refractivity (Wildman–Crippen MR) is 98.8 cm³/mol. The second-order valence-electron chi connectivity index (χ2n) is 5.48. The minimum absolute atomic E-state index is 0.00858. The number of pyridine rings is 1. The van der Waals surface area contributed by atoms with Crippen molar-refractivity contribution in [2.75, 3.05) is 18.5 Å². The van der Waals surface area contributed by atoms with Crippen molar-refractivity contribution in [2.24, 2.45) is 5.73 Å². The maximum absolute atomic E-state index is 14.0.